The van der Waals surface area contributed by atoms with Crippen molar-refractivity contribution >= 4 is 12.0 Å². The number of hydrogen-bond donors (Lipinski definition) is 3. The van der Waals surface area contributed by atoms with Crippen LogP contribution in [0.15, 0.2) is 0 Å². The maximum Gasteiger partial charge on any atom is 0.328 e. The summed E-state index contributed by atoms with van der Waals surface area (Å²) in [6.07, 6.45) is 4.66. The second kappa shape index (κ2) is 6.44. The Kier molecular flexibility index (Phi) is 5.21. The summed E-state index contributed by atoms with van der Waals surface area (Å²) in [7, 11) is 1.64. The zero-order valence-corrected chi connectivity index (χ0v) is 10.1. The van der Waals surface area contributed by atoms with Crippen LogP contribution < -0.4 is 5.32 Å². The van der Waals surface area contributed by atoms with Crippen molar-refractivity contribution in [1.82, 2.24) is 10.2 Å². The first-order chi connectivity index (χ1) is 8.04. The Morgan fingerprint density at radius 2 is 2.00 bits per heavy atom. The van der Waals surface area contributed by atoms with E-state index < -0.39 is 24.6 Å². The van der Waals surface area contributed by atoms with Gasteiger partial charge < -0.3 is 20.4 Å². The lowest BCUT2D eigenvalue weighted by Crippen LogP contribution is -2.49. The minimum Gasteiger partial charge on any atom is -0.480 e. The molecule has 17 heavy (non-hydrogen) atoms. The van der Waals surface area contributed by atoms with E-state index in [2.05, 4.69) is 5.32 Å². The fraction of sp³-hybridized carbons (Fsp3) is 0.818. The van der Waals surface area contributed by atoms with Gasteiger partial charge in [-0.1, -0.05) is 12.8 Å². The van der Waals surface area contributed by atoms with E-state index in [-0.39, 0.29) is 0 Å². The van der Waals surface area contributed by atoms with Crippen molar-refractivity contribution in [3.8, 4) is 0 Å². The van der Waals surface area contributed by atoms with Crippen LogP contribution in [0.2, 0.25) is 0 Å². The van der Waals surface area contributed by atoms with Crippen molar-refractivity contribution in [2.75, 3.05) is 20.2 Å². The van der Waals surface area contributed by atoms with Gasteiger partial charge in [0.05, 0.1) is 6.61 Å². The zero-order chi connectivity index (χ0) is 12.8. The number of hydrogen-bond acceptors (Lipinski definition) is 3. The topological polar surface area (TPSA) is 89.9 Å². The molecule has 6 nitrogen and oxygen atoms in total. The molecule has 0 aromatic rings. The van der Waals surface area contributed by atoms with E-state index in [1.165, 1.54) is 17.7 Å². The van der Waals surface area contributed by atoms with Gasteiger partial charge in [0.1, 0.15) is 0 Å². The molecule has 0 aliphatic heterocycles. The van der Waals surface area contributed by atoms with E-state index in [1.54, 1.807) is 7.05 Å². The number of amides is 2. The van der Waals surface area contributed by atoms with Crippen LogP contribution in [0.1, 0.15) is 25.7 Å². The van der Waals surface area contributed by atoms with Crippen LogP contribution >= 0.6 is 0 Å². The third-order valence-electron chi connectivity index (χ3n) is 3.13. The molecular formula is C11H20N2O4. The van der Waals surface area contributed by atoms with E-state index in [0.717, 1.165) is 12.8 Å². The fourth-order valence-electron chi connectivity index (χ4n) is 2.11. The molecule has 1 fully saturated rings. The van der Waals surface area contributed by atoms with Crippen molar-refractivity contribution in [2.45, 2.75) is 31.7 Å². The highest BCUT2D eigenvalue weighted by Gasteiger charge is 2.23. The Hall–Kier alpha value is -1.30. The predicted molar refractivity (Wildman–Crippen MR) is 61.6 cm³/mol. The highest BCUT2D eigenvalue weighted by molar-refractivity contribution is 5.82. The van der Waals surface area contributed by atoms with Gasteiger partial charge in [0, 0.05) is 13.6 Å². The molecule has 0 aromatic heterocycles. The third kappa shape index (κ3) is 4.22. The molecule has 1 aliphatic rings. The number of carboxylic acid groups (broad SMARTS) is 1. The number of carbonyl (C=O) groups excluding carboxylic acids is 1. The lowest BCUT2D eigenvalue weighted by molar-refractivity contribution is -0.140. The summed E-state index contributed by atoms with van der Waals surface area (Å²) in [4.78, 5) is 23.8. The largest absolute Gasteiger partial charge is 0.480 e. The average molecular weight is 244 g/mol. The van der Waals surface area contributed by atoms with Gasteiger partial charge in [0.15, 0.2) is 6.04 Å². The number of aliphatic hydroxyl groups excluding tert-OH is 1. The van der Waals surface area contributed by atoms with E-state index in [4.69, 9.17) is 10.2 Å². The van der Waals surface area contributed by atoms with Crippen LogP contribution in [0, 0.1) is 5.92 Å². The Balaban J connectivity index is 2.37. The van der Waals surface area contributed by atoms with Crippen LogP contribution in [0.25, 0.3) is 0 Å². The molecule has 0 radical (unpaired) electrons. The minimum atomic E-state index is -1.23. The molecule has 98 valence electrons. The first-order valence-corrected chi connectivity index (χ1v) is 5.90. The first-order valence-electron chi connectivity index (χ1n) is 5.90. The second-order valence-corrected chi connectivity index (χ2v) is 4.55. The molecule has 1 aliphatic carbocycles. The molecule has 0 saturated heterocycles. The molecule has 0 unspecified atom stereocenters. The Morgan fingerprint density at radius 3 is 2.47 bits per heavy atom. The van der Waals surface area contributed by atoms with Crippen molar-refractivity contribution < 1.29 is 19.8 Å². The van der Waals surface area contributed by atoms with Gasteiger partial charge in [-0.05, 0) is 18.8 Å². The SMILES string of the molecule is CN(CC1CCCC1)C(=O)N[C@H](CO)C(=O)O. The number of urea groups is 1. The third-order valence-corrected chi connectivity index (χ3v) is 3.13. The van der Waals surface area contributed by atoms with Gasteiger partial charge in [0.2, 0.25) is 0 Å². The van der Waals surface area contributed by atoms with Crippen LogP contribution in [0.4, 0.5) is 4.79 Å². The lowest BCUT2D eigenvalue weighted by Gasteiger charge is -2.23. The highest BCUT2D eigenvalue weighted by atomic mass is 16.4. The molecular weight excluding hydrogens is 224 g/mol. The van der Waals surface area contributed by atoms with Crippen LogP contribution in [0.3, 0.4) is 0 Å². The molecule has 0 aromatic carbocycles. The highest BCUT2D eigenvalue weighted by Crippen LogP contribution is 2.25. The van der Waals surface area contributed by atoms with Crippen molar-refractivity contribution in [3.05, 3.63) is 0 Å². The van der Waals surface area contributed by atoms with Gasteiger partial charge in [0.25, 0.3) is 0 Å². The number of nitrogens with one attached hydrogen (secondary N) is 1. The molecule has 1 rings (SSSR count). The first kappa shape index (κ1) is 13.8. The van der Waals surface area contributed by atoms with Crippen LogP contribution in [0.5, 0.6) is 0 Å². The molecule has 0 spiro atoms. The standard InChI is InChI=1S/C11H20N2O4/c1-13(6-8-4-2-3-5-8)11(17)12-9(7-14)10(15)16/h8-9,14H,2-7H2,1H3,(H,12,17)(H,15,16)/t9-/m1/s1. The van der Waals surface area contributed by atoms with E-state index in [9.17, 15) is 9.59 Å². The van der Waals surface area contributed by atoms with Crippen LogP contribution in [-0.4, -0.2) is 53.4 Å². The van der Waals surface area contributed by atoms with Crippen molar-refractivity contribution in [3.63, 3.8) is 0 Å². The summed E-state index contributed by atoms with van der Waals surface area (Å²) in [5.74, 6) is -0.710. The monoisotopic (exact) mass is 244 g/mol. The average Bonchev–Trinajstić information content (AvgIpc) is 2.77. The molecule has 1 saturated carbocycles. The maximum absolute atomic E-state index is 11.6. The normalized spacial score (nSPS) is 17.8. The number of aliphatic hydroxyl groups is 1. The number of aliphatic carboxylic acids is 1. The van der Waals surface area contributed by atoms with Gasteiger partial charge in [-0.25, -0.2) is 9.59 Å². The molecule has 0 heterocycles. The number of rotatable bonds is 5. The second-order valence-electron chi connectivity index (χ2n) is 4.55. The van der Waals surface area contributed by atoms with Gasteiger partial charge in [-0.15, -0.1) is 0 Å². The molecule has 6 heteroatoms. The van der Waals surface area contributed by atoms with Crippen LogP contribution in [-0.2, 0) is 4.79 Å². The van der Waals surface area contributed by atoms with E-state index in [0.29, 0.717) is 12.5 Å². The molecule has 2 amide bonds. The van der Waals surface area contributed by atoms with Gasteiger partial charge in [-0.2, -0.15) is 0 Å². The number of carboxylic acids is 1. The minimum absolute atomic E-state index is 0.446. The summed E-state index contributed by atoms with van der Waals surface area (Å²) < 4.78 is 0. The van der Waals surface area contributed by atoms with Gasteiger partial charge >= 0.3 is 12.0 Å². The zero-order valence-electron chi connectivity index (χ0n) is 10.1. The Labute approximate surface area is 101 Å². The lowest BCUT2D eigenvalue weighted by atomic mass is 10.1. The van der Waals surface area contributed by atoms with Crippen molar-refractivity contribution in [2.24, 2.45) is 5.92 Å². The fourth-order valence-corrected chi connectivity index (χ4v) is 2.11. The summed E-state index contributed by atoms with van der Waals surface area (Å²) >= 11 is 0. The van der Waals surface area contributed by atoms with E-state index >= 15 is 0 Å². The number of carbonyl (C=O) groups is 2. The summed E-state index contributed by atoms with van der Waals surface area (Å²) in [5.41, 5.74) is 0. The maximum atomic E-state index is 11.6. The van der Waals surface area contributed by atoms with Crippen molar-refractivity contribution in [1.29, 1.82) is 0 Å². The summed E-state index contributed by atoms with van der Waals surface area (Å²) in [6.45, 7) is 0.0436. The number of nitrogens with zero attached hydrogens (tertiary/aromatic N) is 1. The Bertz CT molecular complexity index is 277. The van der Waals surface area contributed by atoms with Gasteiger partial charge in [-0.3, -0.25) is 0 Å². The summed E-state index contributed by atoms with van der Waals surface area (Å²) in [6, 6.07) is -1.67. The predicted octanol–water partition coefficient (Wildman–Crippen LogP) is 0.263. The quantitative estimate of drug-likeness (QED) is 0.647. The molecule has 3 N–H and O–H groups in total. The smallest absolute Gasteiger partial charge is 0.328 e. The summed E-state index contributed by atoms with van der Waals surface area (Å²) in [5, 5.41) is 19.8. The molecule has 0 bridgehead atoms. The Morgan fingerprint density at radius 1 is 1.41 bits per heavy atom. The van der Waals surface area contributed by atoms with E-state index in [1.807, 2.05) is 0 Å². The molecule has 1 atom stereocenters.